The molecule has 2 heterocycles. The summed E-state index contributed by atoms with van der Waals surface area (Å²) in [5, 5.41) is 13.6. The summed E-state index contributed by atoms with van der Waals surface area (Å²) in [5.74, 6) is -0.924. The second kappa shape index (κ2) is 16.6. The van der Waals surface area contributed by atoms with Gasteiger partial charge in [-0.15, -0.1) is 0 Å². The number of rotatable bonds is 10. The number of benzene rings is 2. The largest absolute Gasteiger partial charge is 0.481 e. The first-order chi connectivity index (χ1) is 18.5. The number of nitrogens with zero attached hydrogens (tertiary/aromatic N) is 3. The van der Waals surface area contributed by atoms with Gasteiger partial charge in [0, 0.05) is 40.5 Å². The number of methoxy groups -OCH3 is 1. The zero-order chi connectivity index (χ0) is 27.8. The lowest BCUT2D eigenvalue weighted by Crippen LogP contribution is -2.01. The Morgan fingerprint density at radius 1 is 1.08 bits per heavy atom. The fraction of sp³-hybridized carbons (Fsp3) is 0.179. The van der Waals surface area contributed by atoms with Crippen LogP contribution in [0.2, 0.25) is 0 Å². The van der Waals surface area contributed by atoms with Crippen molar-refractivity contribution in [3.05, 3.63) is 83.8 Å². The molecular weight excluding hydrogens is 504 g/mol. The molecule has 0 bridgehead atoms. The van der Waals surface area contributed by atoms with Gasteiger partial charge in [-0.05, 0) is 55.6 Å². The van der Waals surface area contributed by atoms with E-state index in [0.717, 1.165) is 38.4 Å². The van der Waals surface area contributed by atoms with Crippen molar-refractivity contribution in [2.45, 2.75) is 29.4 Å². The van der Waals surface area contributed by atoms with Crippen molar-refractivity contribution in [1.82, 2.24) is 14.8 Å². The van der Waals surface area contributed by atoms with Crippen molar-refractivity contribution in [2.24, 2.45) is 5.73 Å². The van der Waals surface area contributed by atoms with Gasteiger partial charge in [0.1, 0.15) is 13.0 Å². The predicted molar refractivity (Wildman–Crippen MR) is 149 cm³/mol. The van der Waals surface area contributed by atoms with E-state index in [2.05, 4.69) is 27.9 Å². The van der Waals surface area contributed by atoms with E-state index in [0.29, 0.717) is 18.6 Å². The first-order valence-electron chi connectivity index (χ1n) is 11.6. The van der Waals surface area contributed by atoms with Gasteiger partial charge < -0.3 is 20.4 Å². The van der Waals surface area contributed by atoms with Crippen LogP contribution in [0, 0.1) is 0 Å². The van der Waals surface area contributed by atoms with Gasteiger partial charge in [-0.2, -0.15) is 5.10 Å². The van der Waals surface area contributed by atoms with Crippen LogP contribution in [0.1, 0.15) is 34.6 Å². The highest BCUT2D eigenvalue weighted by Crippen LogP contribution is 2.33. The zero-order valence-corrected chi connectivity index (χ0v) is 22.0. The third-order valence-corrected chi connectivity index (χ3v) is 5.93. The number of aromatic nitrogens is 3. The molecule has 198 valence electrons. The van der Waals surface area contributed by atoms with Crippen molar-refractivity contribution in [3.63, 3.8) is 0 Å². The van der Waals surface area contributed by atoms with Gasteiger partial charge in [0.15, 0.2) is 6.29 Å². The number of carboxylic acids is 1. The summed E-state index contributed by atoms with van der Waals surface area (Å²) in [4.78, 5) is 36.6. The number of nitrogens with two attached hydrogens (primary N) is 1. The normalized spacial score (nSPS) is 10.3. The predicted octanol–water partition coefficient (Wildman–Crippen LogP) is 4.79. The third-order valence-electron chi connectivity index (χ3n) is 4.85. The molecule has 2 aromatic carbocycles. The minimum atomic E-state index is -0.924. The molecule has 2 aromatic heterocycles. The van der Waals surface area contributed by atoms with Crippen LogP contribution in [0.3, 0.4) is 0 Å². The molecule has 0 amide bonds. The number of ether oxygens (including phenoxy) is 1. The molecule has 0 aliphatic heterocycles. The number of aliphatic carboxylic acids is 1. The van der Waals surface area contributed by atoms with Crippen LogP contribution in [0.25, 0.3) is 23.1 Å². The van der Waals surface area contributed by atoms with E-state index in [1.807, 2.05) is 65.4 Å². The number of pyridine rings is 1. The first-order valence-corrected chi connectivity index (χ1v) is 12.4. The SMILES string of the molecule is CN.COCn1nc(/C=C/c2ccccn2)c2ccc(Sc3ccccc3C=O)cc21.O=CCCC(=O)O. The molecule has 0 saturated heterocycles. The summed E-state index contributed by atoms with van der Waals surface area (Å²) in [6.45, 7) is 0.354. The Morgan fingerprint density at radius 2 is 1.84 bits per heavy atom. The average Bonchev–Trinajstić information content (AvgIpc) is 3.29. The van der Waals surface area contributed by atoms with Crippen molar-refractivity contribution in [2.75, 3.05) is 14.2 Å². The molecule has 4 aromatic rings. The fourth-order valence-corrected chi connectivity index (χ4v) is 4.15. The number of aldehydes is 2. The number of hydrogen-bond acceptors (Lipinski definition) is 8. The molecule has 4 rings (SSSR count). The Morgan fingerprint density at radius 3 is 2.47 bits per heavy atom. The Hall–Kier alpha value is -4.12. The first kappa shape index (κ1) is 30.1. The molecule has 0 saturated carbocycles. The van der Waals surface area contributed by atoms with E-state index >= 15 is 0 Å². The summed E-state index contributed by atoms with van der Waals surface area (Å²) in [6, 6.07) is 19.5. The van der Waals surface area contributed by atoms with E-state index in [-0.39, 0.29) is 12.8 Å². The highest BCUT2D eigenvalue weighted by molar-refractivity contribution is 7.99. The van der Waals surface area contributed by atoms with E-state index in [1.54, 1.807) is 25.1 Å². The number of hydrogen-bond donors (Lipinski definition) is 2. The summed E-state index contributed by atoms with van der Waals surface area (Å²) in [5.41, 5.74) is 7.88. The maximum Gasteiger partial charge on any atom is 0.303 e. The van der Waals surface area contributed by atoms with E-state index in [9.17, 15) is 14.4 Å². The summed E-state index contributed by atoms with van der Waals surface area (Å²) in [6.07, 6.45) is 7.22. The van der Waals surface area contributed by atoms with E-state index < -0.39 is 5.97 Å². The van der Waals surface area contributed by atoms with Crippen molar-refractivity contribution < 1.29 is 24.2 Å². The minimum Gasteiger partial charge on any atom is -0.481 e. The fourth-order valence-electron chi connectivity index (χ4n) is 3.21. The van der Waals surface area contributed by atoms with Crippen LogP contribution in [-0.2, 0) is 21.1 Å². The molecule has 0 spiro atoms. The summed E-state index contributed by atoms with van der Waals surface area (Å²) in [7, 11) is 3.15. The lowest BCUT2D eigenvalue weighted by Gasteiger charge is -2.06. The molecular formula is C28H30N4O5S. The highest BCUT2D eigenvalue weighted by atomic mass is 32.2. The zero-order valence-electron chi connectivity index (χ0n) is 21.2. The van der Waals surface area contributed by atoms with E-state index in [1.165, 1.54) is 7.05 Å². The Bertz CT molecular complexity index is 1360. The Kier molecular flexibility index (Phi) is 13.1. The molecule has 0 aliphatic rings. The standard InChI is InChI=1S/C23H19N3O2S.C4H6O3.CH5N/c1-28-16-26-22-14-19(29-23-8-3-2-6-17(23)15-27)10-11-20(22)21(25-26)12-9-18-7-4-5-13-24-18;5-3-1-2-4(6)7;1-2/h2-15H,16H2,1H3;3H,1-2H2,(H,6,7);2H2,1H3/b12-9+;;. The molecule has 3 N–H and O–H groups in total. The van der Waals surface area contributed by atoms with Crippen molar-refractivity contribution >= 4 is 53.4 Å². The highest BCUT2D eigenvalue weighted by Gasteiger charge is 2.11. The van der Waals surface area contributed by atoms with Gasteiger partial charge in [-0.25, -0.2) is 4.68 Å². The van der Waals surface area contributed by atoms with Crippen LogP contribution in [0.4, 0.5) is 0 Å². The van der Waals surface area contributed by atoms with Crippen LogP contribution in [-0.4, -0.2) is 52.6 Å². The minimum absolute atomic E-state index is 0.0521. The third kappa shape index (κ3) is 9.07. The topological polar surface area (TPSA) is 137 Å². The smallest absolute Gasteiger partial charge is 0.303 e. The molecule has 0 aliphatic carbocycles. The monoisotopic (exact) mass is 534 g/mol. The maximum absolute atomic E-state index is 11.3. The molecule has 0 radical (unpaired) electrons. The Labute approximate surface area is 225 Å². The van der Waals surface area contributed by atoms with Gasteiger partial charge in [-0.3, -0.25) is 14.6 Å². The number of fused-ring (bicyclic) bond motifs is 1. The summed E-state index contributed by atoms with van der Waals surface area (Å²) >= 11 is 1.56. The second-order valence-corrected chi connectivity index (χ2v) is 8.54. The van der Waals surface area contributed by atoms with Crippen LogP contribution in [0.15, 0.2) is 76.7 Å². The lowest BCUT2D eigenvalue weighted by molar-refractivity contribution is -0.137. The van der Waals surface area contributed by atoms with Crippen LogP contribution in [0.5, 0.6) is 0 Å². The van der Waals surface area contributed by atoms with Crippen LogP contribution >= 0.6 is 11.8 Å². The summed E-state index contributed by atoms with van der Waals surface area (Å²) < 4.78 is 7.15. The van der Waals surface area contributed by atoms with Gasteiger partial charge in [0.2, 0.25) is 0 Å². The van der Waals surface area contributed by atoms with Crippen molar-refractivity contribution in [3.8, 4) is 0 Å². The molecule has 0 unspecified atom stereocenters. The maximum atomic E-state index is 11.3. The number of carboxylic acid groups (broad SMARTS) is 1. The average molecular weight is 535 g/mol. The van der Waals surface area contributed by atoms with Gasteiger partial charge in [-0.1, -0.05) is 36.0 Å². The molecule has 38 heavy (non-hydrogen) atoms. The second-order valence-electron chi connectivity index (χ2n) is 7.43. The Balaban J connectivity index is 0.000000491. The number of carbonyl (C=O) groups is 3. The van der Waals surface area contributed by atoms with Gasteiger partial charge >= 0.3 is 5.97 Å². The molecule has 0 fully saturated rings. The van der Waals surface area contributed by atoms with Gasteiger partial charge in [0.05, 0.1) is 23.3 Å². The number of carbonyl (C=O) groups excluding carboxylic acids is 2. The van der Waals surface area contributed by atoms with Gasteiger partial charge in [0.25, 0.3) is 0 Å². The van der Waals surface area contributed by atoms with Crippen LogP contribution < -0.4 is 5.73 Å². The quantitative estimate of drug-likeness (QED) is 0.275. The molecule has 10 heteroatoms. The lowest BCUT2D eigenvalue weighted by atomic mass is 10.2. The molecule has 9 nitrogen and oxygen atoms in total. The van der Waals surface area contributed by atoms with E-state index in [4.69, 9.17) is 9.84 Å². The molecule has 0 atom stereocenters. The van der Waals surface area contributed by atoms with Crippen molar-refractivity contribution in [1.29, 1.82) is 0 Å².